The number of hydrogen-bond acceptors (Lipinski definition) is 6. The van der Waals surface area contributed by atoms with E-state index in [1.165, 1.54) is 11.1 Å². The zero-order chi connectivity index (χ0) is 32.9. The number of ether oxygens (including phenoxy) is 3. The molecule has 2 aliphatic rings. The number of alkyl carbamates (subject to hydrolysis) is 1. The normalized spacial score (nSPS) is 21.2. The highest BCUT2D eigenvalue weighted by Gasteiger charge is 2.48. The standard InChI is InChI=1S/C38H57NO6Si/c1-6-10-12-19-31(44-38(41)39-5)21-22-32-33-23-29-18-15-20-35(42-27-37(40)43-26-28-16-13-11-14-17-28)34(29)24-30(33)25-36(32)45-46(7-2,8-3)9-4/h11,13-18,20,30-33,36H,6-10,12,19,21-27H2,1-5H3,(H,39,41)/t30-,31-,32+,33-,36?/m0/s1. The third-order valence-corrected chi connectivity index (χ3v) is 15.3. The number of benzene rings is 2. The van der Waals surface area contributed by atoms with Gasteiger partial charge < -0.3 is 24.0 Å². The van der Waals surface area contributed by atoms with Crippen LogP contribution in [0, 0.1) is 17.8 Å². The van der Waals surface area contributed by atoms with Crippen molar-refractivity contribution in [3.63, 3.8) is 0 Å². The van der Waals surface area contributed by atoms with Crippen LogP contribution < -0.4 is 10.1 Å². The molecule has 0 aliphatic heterocycles. The number of amides is 1. The monoisotopic (exact) mass is 651 g/mol. The zero-order valence-electron chi connectivity index (χ0n) is 28.9. The van der Waals surface area contributed by atoms with Gasteiger partial charge in [-0.25, -0.2) is 9.59 Å². The van der Waals surface area contributed by atoms with Crippen LogP contribution in [0.5, 0.6) is 5.75 Å². The van der Waals surface area contributed by atoms with Crippen LogP contribution in [0.15, 0.2) is 48.5 Å². The molecular weight excluding hydrogens is 595 g/mol. The Morgan fingerprint density at radius 1 is 0.935 bits per heavy atom. The van der Waals surface area contributed by atoms with Gasteiger partial charge in [0.2, 0.25) is 0 Å². The van der Waals surface area contributed by atoms with Gasteiger partial charge in [0.25, 0.3) is 0 Å². The van der Waals surface area contributed by atoms with E-state index in [1.54, 1.807) is 7.05 Å². The molecule has 4 rings (SSSR count). The van der Waals surface area contributed by atoms with E-state index in [0.29, 0.717) is 17.8 Å². The largest absolute Gasteiger partial charge is 0.482 e. The van der Waals surface area contributed by atoms with Gasteiger partial charge in [0, 0.05) is 13.2 Å². The summed E-state index contributed by atoms with van der Waals surface area (Å²) in [4.78, 5) is 24.8. The maximum absolute atomic E-state index is 12.5. The fourth-order valence-electron chi connectivity index (χ4n) is 7.76. The van der Waals surface area contributed by atoms with E-state index in [-0.39, 0.29) is 37.5 Å². The number of carbonyl (C=O) groups is 2. The van der Waals surface area contributed by atoms with Gasteiger partial charge in [-0.15, -0.1) is 0 Å². The first kappa shape index (κ1) is 36.0. The average Bonchev–Trinajstić information content (AvgIpc) is 3.42. The molecular formula is C38H57NO6Si. The first-order valence-electron chi connectivity index (χ1n) is 17.8. The zero-order valence-corrected chi connectivity index (χ0v) is 29.9. The number of unbranched alkanes of at least 4 members (excludes halogenated alkanes) is 2. The van der Waals surface area contributed by atoms with Gasteiger partial charge in [-0.2, -0.15) is 0 Å². The fourth-order valence-corrected chi connectivity index (χ4v) is 10.7. The lowest BCUT2D eigenvalue weighted by atomic mass is 9.73. The van der Waals surface area contributed by atoms with Gasteiger partial charge >= 0.3 is 12.1 Å². The minimum atomic E-state index is -1.82. The van der Waals surface area contributed by atoms with Gasteiger partial charge in [-0.05, 0) is 104 Å². The third kappa shape index (κ3) is 9.60. The van der Waals surface area contributed by atoms with Crippen molar-refractivity contribution >= 4 is 20.4 Å². The second-order valence-electron chi connectivity index (χ2n) is 13.3. The predicted octanol–water partition coefficient (Wildman–Crippen LogP) is 8.64. The summed E-state index contributed by atoms with van der Waals surface area (Å²) in [5.41, 5.74) is 3.50. The Morgan fingerprint density at radius 2 is 1.70 bits per heavy atom. The Bertz CT molecular complexity index is 1230. The molecule has 0 radical (unpaired) electrons. The second-order valence-corrected chi connectivity index (χ2v) is 18.0. The SMILES string of the molecule is CCCCC[C@@H](CC[C@H]1C(O[Si](CC)(CC)CC)C[C@@H]2Cc3c(cccc3OCC(=O)OCc3ccccc3)C[C@@H]21)OC(=O)NC. The molecule has 1 N–H and O–H groups in total. The predicted molar refractivity (Wildman–Crippen MR) is 185 cm³/mol. The molecule has 1 amide bonds. The van der Waals surface area contributed by atoms with Crippen molar-refractivity contribution in [1.29, 1.82) is 0 Å². The number of hydrogen-bond donors (Lipinski definition) is 1. The molecule has 2 aromatic rings. The Labute approximate surface area is 278 Å². The molecule has 0 saturated heterocycles. The van der Waals surface area contributed by atoms with Crippen molar-refractivity contribution in [2.75, 3.05) is 13.7 Å². The van der Waals surface area contributed by atoms with Gasteiger partial charge in [0.1, 0.15) is 18.5 Å². The molecule has 5 atom stereocenters. The molecule has 0 spiro atoms. The van der Waals surface area contributed by atoms with Crippen molar-refractivity contribution in [2.24, 2.45) is 17.8 Å². The van der Waals surface area contributed by atoms with Crippen molar-refractivity contribution < 1.29 is 28.2 Å². The third-order valence-electron chi connectivity index (χ3n) is 10.7. The minimum absolute atomic E-state index is 0.0748. The van der Waals surface area contributed by atoms with Crippen LogP contribution in [-0.4, -0.2) is 46.2 Å². The quantitative estimate of drug-likeness (QED) is 0.0987. The molecule has 46 heavy (non-hydrogen) atoms. The Hall–Kier alpha value is -2.84. The first-order chi connectivity index (χ1) is 22.3. The smallest absolute Gasteiger partial charge is 0.407 e. The van der Waals surface area contributed by atoms with Crippen LogP contribution in [-0.2, 0) is 38.1 Å². The van der Waals surface area contributed by atoms with Crippen molar-refractivity contribution in [3.8, 4) is 5.75 Å². The van der Waals surface area contributed by atoms with Crippen LogP contribution in [0.2, 0.25) is 18.1 Å². The molecule has 1 saturated carbocycles. The Morgan fingerprint density at radius 3 is 2.39 bits per heavy atom. The summed E-state index contributed by atoms with van der Waals surface area (Å²) >= 11 is 0. The summed E-state index contributed by atoms with van der Waals surface area (Å²) in [6.45, 7) is 9.27. The molecule has 254 valence electrons. The van der Waals surface area contributed by atoms with Crippen LogP contribution in [0.4, 0.5) is 4.79 Å². The van der Waals surface area contributed by atoms with E-state index in [0.717, 1.165) is 87.2 Å². The van der Waals surface area contributed by atoms with Crippen molar-refractivity contribution in [3.05, 3.63) is 65.2 Å². The van der Waals surface area contributed by atoms with Gasteiger partial charge in [0.15, 0.2) is 14.9 Å². The number of esters is 1. The summed E-state index contributed by atoms with van der Waals surface area (Å²) in [7, 11) is -0.191. The summed E-state index contributed by atoms with van der Waals surface area (Å²) in [6, 6.07) is 19.4. The lowest BCUT2D eigenvalue weighted by Crippen LogP contribution is -2.42. The molecule has 0 heterocycles. The Balaban J connectivity index is 1.48. The first-order valence-corrected chi connectivity index (χ1v) is 20.4. The molecule has 2 aromatic carbocycles. The second kappa shape index (κ2) is 17.9. The van der Waals surface area contributed by atoms with Crippen LogP contribution in [0.1, 0.15) is 89.3 Å². The molecule has 1 unspecified atom stereocenters. The summed E-state index contributed by atoms with van der Waals surface area (Å²) in [6.07, 6.45) is 8.91. The van der Waals surface area contributed by atoms with Crippen LogP contribution >= 0.6 is 0 Å². The topological polar surface area (TPSA) is 83.1 Å². The number of rotatable bonds is 18. The maximum Gasteiger partial charge on any atom is 0.407 e. The fraction of sp³-hybridized carbons (Fsp3) is 0.632. The lowest BCUT2D eigenvalue weighted by molar-refractivity contribution is -0.147. The molecule has 0 aromatic heterocycles. The highest BCUT2D eigenvalue weighted by Crippen LogP contribution is 2.50. The maximum atomic E-state index is 12.5. The van der Waals surface area contributed by atoms with E-state index in [1.807, 2.05) is 42.5 Å². The number of nitrogens with one attached hydrogen (secondary N) is 1. The molecule has 0 bridgehead atoms. The van der Waals surface area contributed by atoms with Gasteiger partial charge in [0.05, 0.1) is 0 Å². The van der Waals surface area contributed by atoms with Gasteiger partial charge in [-0.3, -0.25) is 0 Å². The average molecular weight is 652 g/mol. The molecule has 8 heteroatoms. The van der Waals surface area contributed by atoms with Gasteiger partial charge in [-0.1, -0.05) is 83.0 Å². The van der Waals surface area contributed by atoms with Crippen molar-refractivity contribution in [2.45, 2.75) is 122 Å². The lowest BCUT2D eigenvalue weighted by Gasteiger charge is -2.36. The summed E-state index contributed by atoms with van der Waals surface area (Å²) in [5, 5.41) is 2.65. The van der Waals surface area contributed by atoms with Crippen LogP contribution in [0.25, 0.3) is 0 Å². The summed E-state index contributed by atoms with van der Waals surface area (Å²) in [5.74, 6) is 1.86. The van der Waals surface area contributed by atoms with E-state index in [4.69, 9.17) is 18.6 Å². The summed E-state index contributed by atoms with van der Waals surface area (Å²) < 4.78 is 24.7. The molecule has 1 fully saturated rings. The molecule has 7 nitrogen and oxygen atoms in total. The highest BCUT2D eigenvalue weighted by molar-refractivity contribution is 6.73. The van der Waals surface area contributed by atoms with E-state index >= 15 is 0 Å². The van der Waals surface area contributed by atoms with Crippen LogP contribution in [0.3, 0.4) is 0 Å². The Kier molecular flexibility index (Phi) is 14.0. The number of carbonyl (C=O) groups excluding carboxylic acids is 2. The highest BCUT2D eigenvalue weighted by atomic mass is 28.4. The number of fused-ring (bicyclic) bond motifs is 2. The van der Waals surface area contributed by atoms with E-state index < -0.39 is 8.32 Å². The van der Waals surface area contributed by atoms with E-state index in [9.17, 15) is 9.59 Å². The molecule has 2 aliphatic carbocycles. The van der Waals surface area contributed by atoms with E-state index in [2.05, 4.69) is 39.1 Å². The van der Waals surface area contributed by atoms with Crippen molar-refractivity contribution in [1.82, 2.24) is 5.32 Å². The minimum Gasteiger partial charge on any atom is -0.482 e.